The van der Waals surface area contributed by atoms with Crippen molar-refractivity contribution in [1.82, 2.24) is 9.78 Å². The van der Waals surface area contributed by atoms with Crippen LogP contribution in [0.1, 0.15) is 24.3 Å². The Morgan fingerprint density at radius 1 is 1.21 bits per heavy atom. The van der Waals surface area contributed by atoms with Gasteiger partial charge in [-0.3, -0.25) is 4.68 Å². The SMILES string of the molecule is Cn1ncc(-c2ccc(C3CCSCC3)cc2)c1N. The van der Waals surface area contributed by atoms with Gasteiger partial charge in [-0.15, -0.1) is 0 Å². The molecule has 0 bridgehead atoms. The molecule has 1 saturated heterocycles. The maximum atomic E-state index is 6.01. The van der Waals surface area contributed by atoms with E-state index in [0.717, 1.165) is 22.9 Å². The van der Waals surface area contributed by atoms with E-state index in [-0.39, 0.29) is 0 Å². The highest BCUT2D eigenvalue weighted by Gasteiger charge is 2.16. The first-order valence-electron chi connectivity index (χ1n) is 6.71. The van der Waals surface area contributed by atoms with Gasteiger partial charge in [-0.2, -0.15) is 16.9 Å². The molecule has 0 aliphatic carbocycles. The fraction of sp³-hybridized carbons (Fsp3) is 0.400. The molecule has 2 N–H and O–H groups in total. The van der Waals surface area contributed by atoms with Crippen LogP contribution >= 0.6 is 11.8 Å². The molecule has 0 saturated carbocycles. The Labute approximate surface area is 118 Å². The average Bonchev–Trinajstić information content (AvgIpc) is 2.80. The zero-order valence-corrected chi connectivity index (χ0v) is 12.0. The van der Waals surface area contributed by atoms with Gasteiger partial charge >= 0.3 is 0 Å². The van der Waals surface area contributed by atoms with Crippen LogP contribution in [0.5, 0.6) is 0 Å². The van der Waals surface area contributed by atoms with Gasteiger partial charge in [-0.25, -0.2) is 0 Å². The molecule has 19 heavy (non-hydrogen) atoms. The van der Waals surface area contributed by atoms with Gasteiger partial charge in [0.25, 0.3) is 0 Å². The van der Waals surface area contributed by atoms with Crippen LogP contribution < -0.4 is 5.73 Å². The quantitative estimate of drug-likeness (QED) is 0.913. The molecule has 100 valence electrons. The lowest BCUT2D eigenvalue weighted by atomic mass is 9.92. The summed E-state index contributed by atoms with van der Waals surface area (Å²) in [7, 11) is 1.87. The summed E-state index contributed by atoms with van der Waals surface area (Å²) in [5, 5.41) is 4.19. The summed E-state index contributed by atoms with van der Waals surface area (Å²) < 4.78 is 1.71. The third-order valence-corrected chi connectivity index (χ3v) is 4.95. The fourth-order valence-corrected chi connectivity index (χ4v) is 3.74. The number of aromatic nitrogens is 2. The van der Waals surface area contributed by atoms with E-state index in [4.69, 9.17) is 5.73 Å². The Bertz CT molecular complexity index is 553. The van der Waals surface area contributed by atoms with Crippen LogP contribution in [0.2, 0.25) is 0 Å². The molecule has 0 atom stereocenters. The predicted molar refractivity (Wildman–Crippen MR) is 82.4 cm³/mol. The number of aryl methyl sites for hydroxylation is 1. The molecule has 0 radical (unpaired) electrons. The van der Waals surface area contributed by atoms with E-state index in [9.17, 15) is 0 Å². The van der Waals surface area contributed by atoms with Gasteiger partial charge in [0.15, 0.2) is 0 Å². The van der Waals surface area contributed by atoms with Gasteiger partial charge < -0.3 is 5.73 Å². The molecular weight excluding hydrogens is 254 g/mol. The van der Waals surface area contributed by atoms with E-state index in [1.807, 2.05) is 13.2 Å². The van der Waals surface area contributed by atoms with Gasteiger partial charge in [-0.1, -0.05) is 24.3 Å². The molecule has 2 heterocycles. The van der Waals surface area contributed by atoms with Crippen LogP contribution in [0.4, 0.5) is 5.82 Å². The number of hydrogen-bond acceptors (Lipinski definition) is 3. The molecule has 1 aliphatic heterocycles. The minimum atomic E-state index is 0.724. The summed E-state index contributed by atoms with van der Waals surface area (Å²) >= 11 is 2.07. The zero-order chi connectivity index (χ0) is 13.2. The molecule has 1 fully saturated rings. The second-order valence-electron chi connectivity index (χ2n) is 5.08. The summed E-state index contributed by atoms with van der Waals surface area (Å²) in [4.78, 5) is 0. The largest absolute Gasteiger partial charge is 0.383 e. The first-order valence-corrected chi connectivity index (χ1v) is 7.86. The lowest BCUT2D eigenvalue weighted by Crippen LogP contribution is -2.07. The molecule has 1 aromatic heterocycles. The molecule has 0 spiro atoms. The van der Waals surface area contributed by atoms with Gasteiger partial charge in [0.2, 0.25) is 0 Å². The Balaban J connectivity index is 1.84. The lowest BCUT2D eigenvalue weighted by Gasteiger charge is -2.21. The standard InChI is InChI=1S/C15H19N3S/c1-18-15(16)14(10-17-18)13-4-2-11(3-5-13)12-6-8-19-9-7-12/h2-5,10,12H,6-9,16H2,1H3. The fourth-order valence-electron chi connectivity index (χ4n) is 2.64. The van der Waals surface area contributed by atoms with Crippen molar-refractivity contribution in [1.29, 1.82) is 0 Å². The van der Waals surface area contributed by atoms with Crippen molar-refractivity contribution < 1.29 is 0 Å². The smallest absolute Gasteiger partial charge is 0.129 e. The second-order valence-corrected chi connectivity index (χ2v) is 6.30. The summed E-state index contributed by atoms with van der Waals surface area (Å²) in [5.74, 6) is 4.05. The molecule has 1 aliphatic rings. The topological polar surface area (TPSA) is 43.8 Å². The van der Waals surface area contributed by atoms with Crippen molar-refractivity contribution in [2.45, 2.75) is 18.8 Å². The first kappa shape index (κ1) is 12.6. The van der Waals surface area contributed by atoms with E-state index >= 15 is 0 Å². The number of nitrogen functional groups attached to an aromatic ring is 1. The van der Waals surface area contributed by atoms with E-state index in [1.165, 1.54) is 29.9 Å². The molecular formula is C15H19N3S. The third-order valence-electron chi connectivity index (χ3n) is 3.90. The first-order chi connectivity index (χ1) is 9.25. The van der Waals surface area contributed by atoms with E-state index in [2.05, 4.69) is 41.1 Å². The Morgan fingerprint density at radius 2 is 1.89 bits per heavy atom. The number of anilines is 1. The van der Waals surface area contributed by atoms with Crippen molar-refractivity contribution in [2.24, 2.45) is 7.05 Å². The highest BCUT2D eigenvalue weighted by molar-refractivity contribution is 7.99. The molecule has 4 heteroatoms. The van der Waals surface area contributed by atoms with Crippen molar-refractivity contribution in [3.05, 3.63) is 36.0 Å². The molecule has 2 aromatic rings. The molecule has 0 amide bonds. The summed E-state index contributed by atoms with van der Waals surface area (Å²) in [6.07, 6.45) is 4.44. The molecule has 0 unspecified atom stereocenters. The second kappa shape index (κ2) is 5.29. The number of nitrogens with zero attached hydrogens (tertiary/aromatic N) is 2. The van der Waals surface area contributed by atoms with Crippen LogP contribution in [0.25, 0.3) is 11.1 Å². The Morgan fingerprint density at radius 3 is 2.47 bits per heavy atom. The number of hydrogen-bond donors (Lipinski definition) is 1. The van der Waals surface area contributed by atoms with Crippen LogP contribution in [0, 0.1) is 0 Å². The van der Waals surface area contributed by atoms with Crippen molar-refractivity contribution in [3.63, 3.8) is 0 Å². The Kier molecular flexibility index (Phi) is 3.51. The monoisotopic (exact) mass is 273 g/mol. The highest BCUT2D eigenvalue weighted by atomic mass is 32.2. The normalized spacial score (nSPS) is 16.7. The Hall–Kier alpha value is -1.42. The maximum absolute atomic E-state index is 6.01. The molecule has 3 rings (SSSR count). The molecule has 3 nitrogen and oxygen atoms in total. The van der Waals surface area contributed by atoms with Crippen LogP contribution in [-0.4, -0.2) is 21.3 Å². The minimum absolute atomic E-state index is 0.724. The summed E-state index contributed by atoms with van der Waals surface area (Å²) in [6, 6.07) is 8.85. The average molecular weight is 273 g/mol. The van der Waals surface area contributed by atoms with E-state index in [0.29, 0.717) is 0 Å². The van der Waals surface area contributed by atoms with E-state index < -0.39 is 0 Å². The van der Waals surface area contributed by atoms with Gasteiger partial charge in [0.1, 0.15) is 5.82 Å². The number of thioether (sulfide) groups is 1. The van der Waals surface area contributed by atoms with Gasteiger partial charge in [0.05, 0.1) is 6.20 Å². The third kappa shape index (κ3) is 2.50. The molecule has 1 aromatic carbocycles. The zero-order valence-electron chi connectivity index (χ0n) is 11.2. The number of benzene rings is 1. The number of nitrogens with two attached hydrogens (primary N) is 1. The lowest BCUT2D eigenvalue weighted by molar-refractivity contribution is 0.637. The van der Waals surface area contributed by atoms with Crippen LogP contribution in [-0.2, 0) is 7.05 Å². The van der Waals surface area contributed by atoms with Crippen LogP contribution in [0.15, 0.2) is 30.5 Å². The maximum Gasteiger partial charge on any atom is 0.129 e. The predicted octanol–water partition coefficient (Wildman–Crippen LogP) is 3.28. The van der Waals surface area contributed by atoms with Gasteiger partial charge in [0, 0.05) is 12.6 Å². The van der Waals surface area contributed by atoms with Crippen molar-refractivity contribution in [3.8, 4) is 11.1 Å². The van der Waals surface area contributed by atoms with Gasteiger partial charge in [-0.05, 0) is 41.4 Å². The van der Waals surface area contributed by atoms with Crippen molar-refractivity contribution in [2.75, 3.05) is 17.2 Å². The van der Waals surface area contributed by atoms with E-state index in [1.54, 1.807) is 4.68 Å². The van der Waals surface area contributed by atoms with Crippen LogP contribution in [0.3, 0.4) is 0 Å². The minimum Gasteiger partial charge on any atom is -0.383 e. The summed E-state index contributed by atoms with van der Waals surface area (Å²) in [5.41, 5.74) is 9.65. The van der Waals surface area contributed by atoms with Crippen molar-refractivity contribution >= 4 is 17.6 Å². The highest BCUT2D eigenvalue weighted by Crippen LogP contribution is 2.33. The number of rotatable bonds is 2. The summed E-state index contributed by atoms with van der Waals surface area (Å²) in [6.45, 7) is 0.